The number of hydrogen-bond donors (Lipinski definition) is 0. The Hall–Kier alpha value is -3.95. The molecule has 0 amide bonds. The van der Waals surface area contributed by atoms with Crippen LogP contribution in [0.2, 0.25) is 0 Å². The number of fused-ring (bicyclic) bond motifs is 10. The van der Waals surface area contributed by atoms with E-state index in [0.717, 1.165) is 104 Å². The summed E-state index contributed by atoms with van der Waals surface area (Å²) in [5.74, 6) is 4.50. The van der Waals surface area contributed by atoms with Crippen molar-refractivity contribution in [3.63, 3.8) is 0 Å². The van der Waals surface area contributed by atoms with Crippen molar-refractivity contribution in [2.24, 2.45) is 23.7 Å². The van der Waals surface area contributed by atoms with Gasteiger partial charge in [-0.25, -0.2) is 0 Å². The molecule has 2 N–H and O–H groups in total. The van der Waals surface area contributed by atoms with E-state index in [2.05, 4.69) is 116 Å². The second-order valence-corrected chi connectivity index (χ2v) is 17.2. The molecule has 1 heterocycles. The summed E-state index contributed by atoms with van der Waals surface area (Å²) < 4.78 is 45.1. The summed E-state index contributed by atoms with van der Waals surface area (Å²) in [4.78, 5) is 0. The minimum atomic E-state index is -0.781. The Morgan fingerprint density at radius 3 is 1.46 bits per heavy atom. The lowest BCUT2D eigenvalue weighted by Gasteiger charge is -2.32. The zero-order valence-corrected chi connectivity index (χ0v) is 36.6. The van der Waals surface area contributed by atoms with Crippen molar-refractivity contribution in [2.75, 3.05) is 52.9 Å². The third-order valence-electron chi connectivity index (χ3n) is 12.7. The fourth-order valence-corrected chi connectivity index (χ4v) is 8.11. The number of benzene rings is 4. The molecule has 7 rings (SSSR count). The van der Waals surface area contributed by atoms with Crippen LogP contribution in [0.1, 0.15) is 103 Å². The lowest BCUT2D eigenvalue weighted by molar-refractivity contribution is 0.209. The molecular weight excluding hydrogens is 738 g/mol. The minimum Gasteiger partial charge on any atom is -0.489 e. The molecule has 4 aromatic rings. The van der Waals surface area contributed by atoms with Crippen LogP contribution in [0.25, 0.3) is 22.3 Å². The molecule has 4 aromatic carbocycles. The highest BCUT2D eigenvalue weighted by Gasteiger charge is 2.53. The highest BCUT2D eigenvalue weighted by atomic mass is 16.6. The van der Waals surface area contributed by atoms with Gasteiger partial charge in [-0.1, -0.05) is 123 Å². The van der Waals surface area contributed by atoms with Gasteiger partial charge in [0.15, 0.2) is 29.6 Å². The average molecular weight is 803 g/mol. The number of ether oxygens (including phenoxy) is 4. The van der Waals surface area contributed by atoms with Crippen LogP contribution in [0.3, 0.4) is 0 Å². The standard InChI is InChI=1S/C49H63B2O8/c1-9-31(5)27-53-45-23-39-40-24-46(54-28-32(6)10-2)48(56-30-34(8)12-4)26-44(40)49(43(39)25-47(45)55-29-33(7)11-3)41-21-35(50-57-18-17-52)13-15-37(41)38-16-14-36(22-42(38)49)51-58-19-20-59-51/h13-16,21-26,31-34,52H,9-12,17-20,27-30H2,1-8H3/p+1. The summed E-state index contributed by atoms with van der Waals surface area (Å²) in [5, 5.41) is 7.70. The minimum absolute atomic E-state index is 0.188. The molecule has 3 aliphatic rings. The molecule has 1 spiro atoms. The van der Waals surface area contributed by atoms with Crippen molar-refractivity contribution < 1.29 is 38.0 Å². The summed E-state index contributed by atoms with van der Waals surface area (Å²) in [5.41, 5.74) is 10.1. The van der Waals surface area contributed by atoms with E-state index in [0.29, 0.717) is 69.9 Å². The van der Waals surface area contributed by atoms with Gasteiger partial charge in [0.05, 0.1) is 51.7 Å². The molecule has 1 aliphatic heterocycles. The van der Waals surface area contributed by atoms with Gasteiger partial charge in [0, 0.05) is 0 Å². The normalized spacial score (nSPS) is 18.2. The highest BCUT2D eigenvalue weighted by Crippen LogP contribution is 2.65. The quantitative estimate of drug-likeness (QED) is 0.0410. The Morgan fingerprint density at radius 1 is 0.576 bits per heavy atom. The summed E-state index contributed by atoms with van der Waals surface area (Å²) in [7, 11) is 1.34. The van der Waals surface area contributed by atoms with E-state index in [4.69, 9.17) is 38.0 Å². The van der Waals surface area contributed by atoms with Crippen molar-refractivity contribution in [3.05, 3.63) is 82.9 Å². The highest BCUT2D eigenvalue weighted by molar-refractivity contribution is 6.61. The largest absolute Gasteiger partial charge is 0.494 e. The maximum absolute atomic E-state index is 7.70. The Morgan fingerprint density at radius 2 is 1.00 bits per heavy atom. The van der Waals surface area contributed by atoms with Gasteiger partial charge < -0.3 is 38.0 Å². The zero-order chi connectivity index (χ0) is 41.7. The molecular formula is C49H64B2O8+. The van der Waals surface area contributed by atoms with Gasteiger partial charge in [-0.2, -0.15) is 0 Å². The van der Waals surface area contributed by atoms with Crippen molar-refractivity contribution in [1.29, 1.82) is 0 Å². The topological polar surface area (TPSA) is 87.5 Å². The summed E-state index contributed by atoms with van der Waals surface area (Å²) >= 11 is 0. The SMILES string of the molecule is CCC(C)COc1cc2c(cc1OCC(C)CC)C1(c3cc([B]OCC[OH2+])ccc3-c3ccc(B4OCCO4)cc31)c1cc(OCC(C)CC)c(OCC(C)CC)cc1-2. The first-order valence-corrected chi connectivity index (χ1v) is 22.2. The van der Waals surface area contributed by atoms with E-state index in [-0.39, 0.29) is 6.61 Å². The molecule has 10 heteroatoms. The lowest BCUT2D eigenvalue weighted by atomic mass is 9.67. The molecule has 313 valence electrons. The second kappa shape index (κ2) is 19.2. The van der Waals surface area contributed by atoms with Crippen LogP contribution >= 0.6 is 0 Å². The molecule has 1 fully saturated rings. The smallest absolute Gasteiger partial charge is 0.489 e. The van der Waals surface area contributed by atoms with Crippen molar-refractivity contribution in [3.8, 4) is 45.3 Å². The fourth-order valence-electron chi connectivity index (χ4n) is 8.11. The van der Waals surface area contributed by atoms with Crippen LogP contribution in [0.15, 0.2) is 60.7 Å². The van der Waals surface area contributed by atoms with Crippen LogP contribution in [0.4, 0.5) is 0 Å². The predicted molar refractivity (Wildman–Crippen MR) is 240 cm³/mol. The summed E-state index contributed by atoms with van der Waals surface area (Å²) in [6.45, 7) is 21.7. The molecule has 8 nitrogen and oxygen atoms in total. The van der Waals surface area contributed by atoms with Crippen LogP contribution in [0, 0.1) is 23.7 Å². The summed E-state index contributed by atoms with van der Waals surface area (Å²) in [6.07, 6.45) is 4.06. The molecule has 0 bridgehead atoms. The van der Waals surface area contributed by atoms with E-state index >= 15 is 0 Å². The number of hydrogen-bond acceptors (Lipinski definition) is 7. The molecule has 4 unspecified atom stereocenters. The monoisotopic (exact) mass is 802 g/mol. The molecule has 0 aromatic heterocycles. The Kier molecular flexibility index (Phi) is 14.0. The first kappa shape index (κ1) is 43.1. The maximum atomic E-state index is 7.70. The Labute approximate surface area is 353 Å². The van der Waals surface area contributed by atoms with Crippen molar-refractivity contribution in [1.82, 2.24) is 0 Å². The van der Waals surface area contributed by atoms with E-state index in [1.165, 1.54) is 0 Å². The van der Waals surface area contributed by atoms with Crippen LogP contribution in [0.5, 0.6) is 23.0 Å². The van der Waals surface area contributed by atoms with Crippen LogP contribution in [-0.4, -0.2) is 72.6 Å². The van der Waals surface area contributed by atoms with Gasteiger partial charge >= 0.3 is 14.6 Å². The molecule has 59 heavy (non-hydrogen) atoms. The van der Waals surface area contributed by atoms with E-state index in [1.54, 1.807) is 7.48 Å². The molecule has 0 saturated carbocycles. The first-order chi connectivity index (χ1) is 28.7. The van der Waals surface area contributed by atoms with Crippen LogP contribution in [-0.2, 0) is 19.4 Å². The van der Waals surface area contributed by atoms with Gasteiger partial charge in [-0.05, 0) is 97.9 Å². The third kappa shape index (κ3) is 8.66. The Bertz CT molecular complexity index is 1980. The van der Waals surface area contributed by atoms with Gasteiger partial charge in [-0.3, -0.25) is 0 Å². The predicted octanol–water partition coefficient (Wildman–Crippen LogP) is 8.46. The number of rotatable bonds is 21. The fraction of sp³-hybridized carbons (Fsp3) is 0.510. The van der Waals surface area contributed by atoms with Gasteiger partial charge in [0.25, 0.3) is 0 Å². The maximum Gasteiger partial charge on any atom is 0.494 e. The summed E-state index contributed by atoms with van der Waals surface area (Å²) in [6, 6.07) is 22.2. The molecule has 1 radical (unpaired) electrons. The van der Waals surface area contributed by atoms with Gasteiger partial charge in [0.1, 0.15) is 0 Å². The van der Waals surface area contributed by atoms with E-state index in [9.17, 15) is 0 Å². The molecule has 4 atom stereocenters. The first-order valence-electron chi connectivity index (χ1n) is 22.2. The van der Waals surface area contributed by atoms with Crippen molar-refractivity contribution in [2.45, 2.75) is 86.5 Å². The zero-order valence-electron chi connectivity index (χ0n) is 36.6. The molecule has 2 aliphatic carbocycles. The van der Waals surface area contributed by atoms with Crippen LogP contribution < -0.4 is 29.9 Å². The van der Waals surface area contributed by atoms with E-state index in [1.807, 2.05) is 0 Å². The third-order valence-corrected chi connectivity index (χ3v) is 12.7. The van der Waals surface area contributed by atoms with E-state index < -0.39 is 12.5 Å². The van der Waals surface area contributed by atoms with Gasteiger partial charge in [-0.15, -0.1) is 0 Å². The average Bonchev–Trinajstić information content (AvgIpc) is 3.97. The molecule has 1 saturated heterocycles. The lowest BCUT2D eigenvalue weighted by Crippen LogP contribution is -2.34. The van der Waals surface area contributed by atoms with Crippen molar-refractivity contribution >= 4 is 25.5 Å². The van der Waals surface area contributed by atoms with Gasteiger partial charge in [0.2, 0.25) is 0 Å². The Balaban J connectivity index is 1.54. The second-order valence-electron chi connectivity index (χ2n) is 17.2.